The SMILES string of the molecule is Cc1occc1-c1nnc2sc(/C=C/c3ccc(C(C)C)cc3)nn12. The second kappa shape index (κ2) is 6.29. The first kappa shape index (κ1) is 15.8. The normalized spacial score (nSPS) is 12.0. The zero-order valence-corrected chi connectivity index (χ0v) is 15.1. The van der Waals surface area contributed by atoms with E-state index in [1.807, 2.05) is 19.1 Å². The van der Waals surface area contributed by atoms with Gasteiger partial charge in [0.2, 0.25) is 4.96 Å². The third kappa shape index (κ3) is 3.00. The third-order valence-corrected chi connectivity index (χ3v) is 4.99. The van der Waals surface area contributed by atoms with Gasteiger partial charge in [0.25, 0.3) is 0 Å². The lowest BCUT2D eigenvalue weighted by Gasteiger charge is -2.04. The molecule has 0 aliphatic rings. The number of rotatable bonds is 4. The lowest BCUT2D eigenvalue weighted by molar-refractivity contribution is 0.535. The van der Waals surface area contributed by atoms with Gasteiger partial charge in [-0.2, -0.15) is 9.61 Å². The molecule has 0 atom stereocenters. The molecule has 0 fully saturated rings. The van der Waals surface area contributed by atoms with Crippen molar-refractivity contribution in [2.45, 2.75) is 26.7 Å². The fourth-order valence-electron chi connectivity index (χ4n) is 2.64. The summed E-state index contributed by atoms with van der Waals surface area (Å²) in [7, 11) is 0. The van der Waals surface area contributed by atoms with Crippen LogP contribution in [0.5, 0.6) is 0 Å². The van der Waals surface area contributed by atoms with Gasteiger partial charge in [0.1, 0.15) is 10.8 Å². The number of aromatic nitrogens is 4. The highest BCUT2D eigenvalue weighted by Gasteiger charge is 2.15. The molecule has 6 heteroatoms. The van der Waals surface area contributed by atoms with Crippen LogP contribution in [0.2, 0.25) is 0 Å². The van der Waals surface area contributed by atoms with E-state index in [2.05, 4.69) is 59.5 Å². The molecule has 3 heterocycles. The zero-order valence-electron chi connectivity index (χ0n) is 14.3. The van der Waals surface area contributed by atoms with E-state index < -0.39 is 0 Å². The maximum atomic E-state index is 5.36. The number of furan rings is 1. The molecule has 3 aromatic heterocycles. The van der Waals surface area contributed by atoms with Crippen molar-refractivity contribution in [3.05, 3.63) is 58.5 Å². The van der Waals surface area contributed by atoms with Crippen molar-refractivity contribution in [3.8, 4) is 11.4 Å². The Kier molecular flexibility index (Phi) is 3.97. The number of hydrogen-bond acceptors (Lipinski definition) is 5. The molecule has 126 valence electrons. The van der Waals surface area contributed by atoms with Gasteiger partial charge in [0, 0.05) is 0 Å². The van der Waals surface area contributed by atoms with Crippen LogP contribution in [0.1, 0.15) is 41.7 Å². The van der Waals surface area contributed by atoms with Crippen molar-refractivity contribution < 1.29 is 4.42 Å². The molecule has 0 bridgehead atoms. The second-order valence-corrected chi connectivity index (χ2v) is 7.19. The average Bonchev–Trinajstić information content (AvgIpc) is 3.29. The Morgan fingerprint density at radius 2 is 1.88 bits per heavy atom. The van der Waals surface area contributed by atoms with Gasteiger partial charge in [-0.1, -0.05) is 55.5 Å². The molecule has 0 saturated carbocycles. The Hall–Kier alpha value is -2.73. The molecule has 0 amide bonds. The van der Waals surface area contributed by atoms with Gasteiger partial charge in [-0.05, 0) is 36.1 Å². The van der Waals surface area contributed by atoms with Crippen LogP contribution in [-0.2, 0) is 0 Å². The summed E-state index contributed by atoms with van der Waals surface area (Å²) in [6.07, 6.45) is 5.73. The van der Waals surface area contributed by atoms with Crippen LogP contribution < -0.4 is 0 Å². The van der Waals surface area contributed by atoms with Crippen LogP contribution in [0.15, 0.2) is 41.0 Å². The zero-order chi connectivity index (χ0) is 17.4. The van der Waals surface area contributed by atoms with Gasteiger partial charge in [-0.25, -0.2) is 0 Å². The van der Waals surface area contributed by atoms with E-state index in [-0.39, 0.29) is 0 Å². The molecule has 5 nitrogen and oxygen atoms in total. The summed E-state index contributed by atoms with van der Waals surface area (Å²) in [5, 5.41) is 13.9. The molecule has 1 aromatic carbocycles. The first-order valence-electron chi connectivity index (χ1n) is 8.16. The highest BCUT2D eigenvalue weighted by atomic mass is 32.1. The Balaban J connectivity index is 1.62. The van der Waals surface area contributed by atoms with Crippen molar-refractivity contribution in [1.82, 2.24) is 19.8 Å². The minimum atomic E-state index is 0.544. The molecular formula is C19H18N4OS. The maximum absolute atomic E-state index is 5.36. The van der Waals surface area contributed by atoms with Crippen LogP contribution in [0.4, 0.5) is 0 Å². The molecule has 0 unspecified atom stereocenters. The maximum Gasteiger partial charge on any atom is 0.235 e. The number of hydrogen-bond donors (Lipinski definition) is 0. The minimum absolute atomic E-state index is 0.544. The van der Waals surface area contributed by atoms with Gasteiger partial charge in [0.15, 0.2) is 5.82 Å². The lowest BCUT2D eigenvalue weighted by Crippen LogP contribution is -1.90. The second-order valence-electron chi connectivity index (χ2n) is 6.20. The van der Waals surface area contributed by atoms with Crippen LogP contribution in [0.25, 0.3) is 28.5 Å². The molecule has 0 radical (unpaired) electrons. The Bertz CT molecular complexity index is 1040. The molecule has 0 N–H and O–H groups in total. The molecule has 0 saturated heterocycles. The molecule has 25 heavy (non-hydrogen) atoms. The monoisotopic (exact) mass is 350 g/mol. The fraction of sp³-hybridized carbons (Fsp3) is 0.211. The van der Waals surface area contributed by atoms with E-state index in [1.165, 1.54) is 16.9 Å². The Labute approximate surface area is 149 Å². The number of benzene rings is 1. The van der Waals surface area contributed by atoms with Crippen LogP contribution in [0, 0.1) is 6.92 Å². The molecular weight excluding hydrogens is 332 g/mol. The van der Waals surface area contributed by atoms with Gasteiger partial charge >= 0.3 is 0 Å². The van der Waals surface area contributed by atoms with Gasteiger partial charge in [-0.3, -0.25) is 0 Å². The van der Waals surface area contributed by atoms with Crippen LogP contribution >= 0.6 is 11.3 Å². The number of nitrogens with zero attached hydrogens (tertiary/aromatic N) is 4. The Morgan fingerprint density at radius 1 is 1.08 bits per heavy atom. The lowest BCUT2D eigenvalue weighted by atomic mass is 10.0. The largest absolute Gasteiger partial charge is 0.469 e. The van der Waals surface area contributed by atoms with Crippen molar-refractivity contribution in [2.24, 2.45) is 0 Å². The van der Waals surface area contributed by atoms with E-state index in [1.54, 1.807) is 10.8 Å². The molecule has 0 aliphatic heterocycles. The molecule has 4 aromatic rings. The van der Waals surface area contributed by atoms with Crippen molar-refractivity contribution >= 4 is 28.4 Å². The van der Waals surface area contributed by atoms with E-state index in [9.17, 15) is 0 Å². The average molecular weight is 350 g/mol. The highest BCUT2D eigenvalue weighted by Crippen LogP contribution is 2.25. The van der Waals surface area contributed by atoms with Crippen molar-refractivity contribution in [2.75, 3.05) is 0 Å². The summed E-state index contributed by atoms with van der Waals surface area (Å²) >= 11 is 1.51. The summed E-state index contributed by atoms with van der Waals surface area (Å²) in [6.45, 7) is 6.30. The quantitative estimate of drug-likeness (QED) is 0.517. The van der Waals surface area contributed by atoms with Crippen molar-refractivity contribution in [3.63, 3.8) is 0 Å². The first-order chi connectivity index (χ1) is 12.1. The van der Waals surface area contributed by atoms with Gasteiger partial charge in [0.05, 0.1) is 11.8 Å². The van der Waals surface area contributed by atoms with E-state index in [4.69, 9.17) is 4.42 Å². The fourth-order valence-corrected chi connectivity index (χ4v) is 3.38. The predicted octanol–water partition coefficient (Wildman–Crippen LogP) is 5.05. The number of aryl methyl sites for hydroxylation is 1. The van der Waals surface area contributed by atoms with Crippen LogP contribution in [0.3, 0.4) is 0 Å². The van der Waals surface area contributed by atoms with Gasteiger partial charge < -0.3 is 4.42 Å². The molecule has 4 rings (SSSR count). The van der Waals surface area contributed by atoms with E-state index in [0.717, 1.165) is 26.9 Å². The van der Waals surface area contributed by atoms with E-state index in [0.29, 0.717) is 11.7 Å². The molecule has 0 aliphatic carbocycles. The topological polar surface area (TPSA) is 56.2 Å². The van der Waals surface area contributed by atoms with Crippen LogP contribution in [-0.4, -0.2) is 19.8 Å². The smallest absolute Gasteiger partial charge is 0.235 e. The summed E-state index contributed by atoms with van der Waals surface area (Å²) in [5.74, 6) is 2.06. The molecule has 0 spiro atoms. The summed E-state index contributed by atoms with van der Waals surface area (Å²) < 4.78 is 7.12. The van der Waals surface area contributed by atoms with Gasteiger partial charge in [-0.15, -0.1) is 10.2 Å². The highest BCUT2D eigenvalue weighted by molar-refractivity contribution is 7.17. The Morgan fingerprint density at radius 3 is 2.56 bits per heavy atom. The van der Waals surface area contributed by atoms with Crippen molar-refractivity contribution in [1.29, 1.82) is 0 Å². The predicted molar refractivity (Wildman–Crippen MR) is 101 cm³/mol. The first-order valence-corrected chi connectivity index (χ1v) is 8.98. The summed E-state index contributed by atoms with van der Waals surface area (Å²) in [4.78, 5) is 0.769. The third-order valence-electron chi connectivity index (χ3n) is 4.13. The summed E-state index contributed by atoms with van der Waals surface area (Å²) in [5.41, 5.74) is 3.41. The van der Waals surface area contributed by atoms with E-state index >= 15 is 0 Å². The minimum Gasteiger partial charge on any atom is -0.469 e. The summed E-state index contributed by atoms with van der Waals surface area (Å²) in [6, 6.07) is 10.5. The standard InChI is InChI=1S/C19H18N4OS/c1-12(2)15-7-4-14(5-8-15)6-9-17-22-23-18(20-21-19(23)25-17)16-10-11-24-13(16)3/h4-12H,1-3H3/b9-6+. The number of fused-ring (bicyclic) bond motifs is 1.